The second kappa shape index (κ2) is 6.41. The van der Waals surface area contributed by atoms with Crippen molar-refractivity contribution in [2.45, 2.75) is 52.1 Å². The maximum atomic E-state index is 11.4. The van der Waals surface area contributed by atoms with Gasteiger partial charge >= 0.3 is 0 Å². The Labute approximate surface area is 92.0 Å². The number of carbonyl (C=O) groups excluding carboxylic acids is 1. The first-order valence-electron chi connectivity index (χ1n) is 5.33. The zero-order valence-corrected chi connectivity index (χ0v) is 10.1. The van der Waals surface area contributed by atoms with E-state index in [1.165, 1.54) is 0 Å². The van der Waals surface area contributed by atoms with Crippen molar-refractivity contribution in [2.24, 2.45) is 0 Å². The van der Waals surface area contributed by atoms with Gasteiger partial charge in [-0.15, -0.1) is 0 Å². The molecule has 0 heterocycles. The minimum Gasteiger partial charge on any atom is -0.351 e. The molecule has 1 amide bonds. The highest BCUT2D eigenvalue weighted by atomic mass is 16.1. The molecule has 4 nitrogen and oxygen atoms in total. The Hall–Kier alpha value is -1.08. The van der Waals surface area contributed by atoms with Gasteiger partial charge in [0.2, 0.25) is 5.91 Å². The highest BCUT2D eigenvalue weighted by Crippen LogP contribution is 1.98. The molecule has 1 atom stereocenters. The summed E-state index contributed by atoms with van der Waals surface area (Å²) in [5, 5.41) is 14.5. The maximum absolute atomic E-state index is 11.4. The fourth-order valence-corrected chi connectivity index (χ4v) is 1.12. The first-order valence-corrected chi connectivity index (χ1v) is 5.33. The number of hydrogen-bond donors (Lipinski definition) is 2. The number of amides is 1. The molecule has 0 aliphatic carbocycles. The van der Waals surface area contributed by atoms with Gasteiger partial charge in [0.15, 0.2) is 0 Å². The molecule has 0 aromatic carbocycles. The van der Waals surface area contributed by atoms with Gasteiger partial charge in [0.25, 0.3) is 0 Å². The summed E-state index contributed by atoms with van der Waals surface area (Å²) in [4.78, 5) is 11.4. The van der Waals surface area contributed by atoms with E-state index in [2.05, 4.69) is 16.7 Å². The molecule has 0 aliphatic heterocycles. The van der Waals surface area contributed by atoms with Gasteiger partial charge in [0.05, 0.1) is 12.1 Å². The van der Waals surface area contributed by atoms with Crippen LogP contribution in [0, 0.1) is 11.3 Å². The summed E-state index contributed by atoms with van der Waals surface area (Å²) in [5.74, 6) is 0.0165. The Kier molecular flexibility index (Phi) is 5.95. The lowest BCUT2D eigenvalue weighted by atomic mass is 10.1. The summed E-state index contributed by atoms with van der Waals surface area (Å²) >= 11 is 0. The zero-order chi connectivity index (χ0) is 11.9. The SMILES string of the molecule is CCC(C#N)NCCC(=O)NC(C)(C)C. The van der Waals surface area contributed by atoms with Crippen LogP contribution in [0.4, 0.5) is 0 Å². The normalized spacial score (nSPS) is 13.0. The zero-order valence-electron chi connectivity index (χ0n) is 10.1. The lowest BCUT2D eigenvalue weighted by Crippen LogP contribution is -2.42. The number of nitrogens with one attached hydrogen (secondary N) is 2. The molecule has 0 spiro atoms. The summed E-state index contributed by atoms with van der Waals surface area (Å²) in [5.41, 5.74) is -0.184. The van der Waals surface area contributed by atoms with E-state index < -0.39 is 0 Å². The Morgan fingerprint density at radius 1 is 1.47 bits per heavy atom. The highest BCUT2D eigenvalue weighted by molar-refractivity contribution is 5.76. The quantitative estimate of drug-likeness (QED) is 0.717. The third-order valence-corrected chi connectivity index (χ3v) is 1.82. The molecule has 1 unspecified atom stereocenters. The van der Waals surface area contributed by atoms with Gasteiger partial charge in [-0.25, -0.2) is 0 Å². The second-order valence-electron chi connectivity index (χ2n) is 4.59. The van der Waals surface area contributed by atoms with Crippen molar-refractivity contribution in [3.05, 3.63) is 0 Å². The summed E-state index contributed by atoms with van der Waals surface area (Å²) in [6.45, 7) is 8.33. The fourth-order valence-electron chi connectivity index (χ4n) is 1.12. The molecule has 0 rings (SSSR count). The van der Waals surface area contributed by atoms with Gasteiger partial charge in [-0.3, -0.25) is 4.79 Å². The van der Waals surface area contributed by atoms with Crippen molar-refractivity contribution in [1.29, 1.82) is 5.26 Å². The monoisotopic (exact) mass is 211 g/mol. The van der Waals surface area contributed by atoms with Gasteiger partial charge in [-0.05, 0) is 27.2 Å². The van der Waals surface area contributed by atoms with E-state index in [0.29, 0.717) is 13.0 Å². The van der Waals surface area contributed by atoms with E-state index in [0.717, 1.165) is 6.42 Å². The van der Waals surface area contributed by atoms with E-state index in [4.69, 9.17) is 5.26 Å². The van der Waals surface area contributed by atoms with Crippen LogP contribution in [-0.4, -0.2) is 24.0 Å². The van der Waals surface area contributed by atoms with Gasteiger partial charge in [-0.2, -0.15) is 5.26 Å². The van der Waals surface area contributed by atoms with Gasteiger partial charge < -0.3 is 10.6 Å². The maximum Gasteiger partial charge on any atom is 0.221 e. The fraction of sp³-hybridized carbons (Fsp3) is 0.818. The van der Waals surface area contributed by atoms with Crippen molar-refractivity contribution >= 4 is 5.91 Å². The van der Waals surface area contributed by atoms with Crippen LogP contribution in [0.15, 0.2) is 0 Å². The van der Waals surface area contributed by atoms with Gasteiger partial charge in [0.1, 0.15) is 0 Å². The summed E-state index contributed by atoms with van der Waals surface area (Å²) in [6, 6.07) is 1.98. The van der Waals surface area contributed by atoms with Crippen LogP contribution in [-0.2, 0) is 4.79 Å². The second-order valence-corrected chi connectivity index (χ2v) is 4.59. The molecule has 0 saturated carbocycles. The van der Waals surface area contributed by atoms with Crippen molar-refractivity contribution in [2.75, 3.05) is 6.54 Å². The predicted molar refractivity (Wildman–Crippen MR) is 60.2 cm³/mol. The third kappa shape index (κ3) is 7.95. The van der Waals surface area contributed by atoms with E-state index in [1.807, 2.05) is 27.7 Å². The number of carbonyl (C=O) groups is 1. The summed E-state index contributed by atoms with van der Waals surface area (Å²) in [6.07, 6.45) is 1.17. The van der Waals surface area contributed by atoms with Crippen LogP contribution in [0.5, 0.6) is 0 Å². The smallest absolute Gasteiger partial charge is 0.221 e. The minimum absolute atomic E-state index is 0.0165. The van der Waals surface area contributed by atoms with E-state index in [9.17, 15) is 4.79 Å². The van der Waals surface area contributed by atoms with Gasteiger partial charge in [0, 0.05) is 18.5 Å². The molecule has 15 heavy (non-hydrogen) atoms. The molecule has 2 N–H and O–H groups in total. The topological polar surface area (TPSA) is 64.9 Å². The lowest BCUT2D eigenvalue weighted by Gasteiger charge is -2.20. The largest absolute Gasteiger partial charge is 0.351 e. The van der Waals surface area contributed by atoms with Crippen LogP contribution in [0.25, 0.3) is 0 Å². The molecule has 0 radical (unpaired) electrons. The van der Waals surface area contributed by atoms with Crippen molar-refractivity contribution in [3.63, 3.8) is 0 Å². The molecule has 0 fully saturated rings. The Morgan fingerprint density at radius 3 is 2.47 bits per heavy atom. The number of hydrogen-bond acceptors (Lipinski definition) is 3. The van der Waals surface area contributed by atoms with E-state index in [-0.39, 0.29) is 17.5 Å². The third-order valence-electron chi connectivity index (χ3n) is 1.82. The summed E-state index contributed by atoms with van der Waals surface area (Å²) < 4.78 is 0. The Bertz CT molecular complexity index is 237. The first kappa shape index (κ1) is 13.9. The number of nitriles is 1. The molecule has 0 aromatic heterocycles. The van der Waals surface area contributed by atoms with Crippen molar-refractivity contribution in [3.8, 4) is 6.07 Å². The Balaban J connectivity index is 3.69. The van der Waals surface area contributed by atoms with Crippen LogP contribution < -0.4 is 10.6 Å². The molecule has 86 valence electrons. The number of rotatable bonds is 5. The predicted octanol–water partition coefficient (Wildman–Crippen LogP) is 1.18. The van der Waals surface area contributed by atoms with Crippen LogP contribution in [0.2, 0.25) is 0 Å². The molecule has 0 aromatic rings. The van der Waals surface area contributed by atoms with Crippen molar-refractivity contribution < 1.29 is 4.79 Å². The van der Waals surface area contributed by atoms with Crippen molar-refractivity contribution in [1.82, 2.24) is 10.6 Å². The molecule has 0 saturated heterocycles. The molecular weight excluding hydrogens is 190 g/mol. The molecular formula is C11H21N3O. The van der Waals surface area contributed by atoms with E-state index >= 15 is 0 Å². The average molecular weight is 211 g/mol. The highest BCUT2D eigenvalue weighted by Gasteiger charge is 2.13. The first-order chi connectivity index (χ1) is 6.89. The number of nitrogens with zero attached hydrogens (tertiary/aromatic N) is 1. The minimum atomic E-state index is -0.184. The summed E-state index contributed by atoms with van der Waals surface area (Å²) in [7, 11) is 0. The molecule has 0 bridgehead atoms. The van der Waals surface area contributed by atoms with E-state index in [1.54, 1.807) is 0 Å². The van der Waals surface area contributed by atoms with Crippen LogP contribution in [0.1, 0.15) is 40.5 Å². The van der Waals surface area contributed by atoms with Crippen LogP contribution >= 0.6 is 0 Å². The molecule has 0 aliphatic rings. The standard InChI is InChI=1S/C11H21N3O/c1-5-9(8-12)13-7-6-10(15)14-11(2,3)4/h9,13H,5-7H2,1-4H3,(H,14,15). The van der Waals surface area contributed by atoms with Gasteiger partial charge in [-0.1, -0.05) is 6.92 Å². The Morgan fingerprint density at radius 2 is 2.07 bits per heavy atom. The average Bonchev–Trinajstić information content (AvgIpc) is 2.09. The lowest BCUT2D eigenvalue weighted by molar-refractivity contribution is -0.122. The molecule has 4 heteroatoms. The van der Waals surface area contributed by atoms with Crippen LogP contribution in [0.3, 0.4) is 0 Å².